The number of hydrazone groups is 2. The zero-order chi connectivity index (χ0) is 27.2. The zero-order valence-corrected chi connectivity index (χ0v) is 21.5. The maximum Gasteiger partial charge on any atom is 0.332 e. The fourth-order valence-corrected chi connectivity index (χ4v) is 7.63. The topological polar surface area (TPSA) is 199 Å². The lowest BCUT2D eigenvalue weighted by Gasteiger charge is -2.58. The second-order valence-electron chi connectivity index (χ2n) is 11.2. The lowest BCUT2D eigenvalue weighted by molar-refractivity contribution is -0.152. The molecule has 6 atom stereocenters. The van der Waals surface area contributed by atoms with Gasteiger partial charge in [-0.25, -0.2) is 20.4 Å². The molecule has 37 heavy (non-hydrogen) atoms. The van der Waals surface area contributed by atoms with Crippen LogP contribution in [0, 0.1) is 28.6 Å². The molecule has 0 heterocycles. The normalized spacial score (nSPS) is 38.1. The van der Waals surface area contributed by atoms with E-state index < -0.39 is 29.0 Å². The number of rotatable bonds is 5. The van der Waals surface area contributed by atoms with Crippen LogP contribution in [0.5, 0.6) is 0 Å². The van der Waals surface area contributed by atoms with Gasteiger partial charge in [0.15, 0.2) is 0 Å². The van der Waals surface area contributed by atoms with E-state index in [9.17, 15) is 24.3 Å². The molecule has 3 saturated carbocycles. The molecule has 0 unspecified atom stereocenters. The van der Waals surface area contributed by atoms with Crippen LogP contribution < -0.4 is 22.3 Å². The van der Waals surface area contributed by atoms with Crippen molar-refractivity contribution in [2.45, 2.75) is 71.3 Å². The number of nitrogens with two attached hydrogens (primary N) is 2. The van der Waals surface area contributed by atoms with Gasteiger partial charge < -0.3 is 21.3 Å². The molecule has 12 nitrogen and oxygen atoms in total. The molecule has 0 aromatic heterocycles. The Hall–Kier alpha value is -3.28. The Balaban J connectivity index is 1.66. The average Bonchev–Trinajstić information content (AvgIpc) is 3.07. The molecule has 7 N–H and O–H groups in total. The number of carbonyl (C=O) groups excluding carboxylic acids is 4. The predicted octanol–water partition coefficient (Wildman–Crippen LogP) is 1.47. The molecule has 0 aromatic carbocycles. The Morgan fingerprint density at radius 3 is 2.49 bits per heavy atom. The maximum absolute atomic E-state index is 13.9. The Kier molecular flexibility index (Phi) is 6.91. The van der Waals surface area contributed by atoms with E-state index in [4.69, 9.17) is 16.2 Å². The molecule has 0 aliphatic heterocycles. The number of nitrogens with zero attached hydrogens (tertiary/aromatic N) is 2. The number of ketones is 1. The second-order valence-corrected chi connectivity index (χ2v) is 11.2. The molecule has 0 spiro atoms. The van der Waals surface area contributed by atoms with Crippen molar-refractivity contribution in [3.8, 4) is 0 Å². The molecule has 4 rings (SSSR count). The summed E-state index contributed by atoms with van der Waals surface area (Å²) in [5, 5.41) is 20.2. The van der Waals surface area contributed by atoms with E-state index in [2.05, 4.69) is 28.0 Å². The van der Waals surface area contributed by atoms with Crippen LogP contribution >= 0.6 is 0 Å². The van der Waals surface area contributed by atoms with Crippen molar-refractivity contribution in [1.29, 1.82) is 0 Å². The van der Waals surface area contributed by atoms with Crippen LogP contribution in [0.2, 0.25) is 0 Å². The number of esters is 1. The van der Waals surface area contributed by atoms with Crippen LogP contribution in [-0.4, -0.2) is 52.6 Å². The van der Waals surface area contributed by atoms with E-state index in [1.54, 1.807) is 0 Å². The van der Waals surface area contributed by atoms with E-state index in [1.165, 1.54) is 6.92 Å². The van der Waals surface area contributed by atoms with Crippen LogP contribution in [0.15, 0.2) is 21.9 Å². The summed E-state index contributed by atoms with van der Waals surface area (Å²) in [4.78, 5) is 47.8. The number of hydrogen-bond acceptors (Lipinski definition) is 8. The molecule has 4 aliphatic rings. The van der Waals surface area contributed by atoms with Crippen LogP contribution in [0.4, 0.5) is 9.59 Å². The first-order valence-corrected chi connectivity index (χ1v) is 12.7. The maximum atomic E-state index is 13.9. The number of carbonyl (C=O) groups is 4. The minimum Gasteiger partial charge on any atom is -0.460 e. The fraction of sp³-hybridized carbons (Fsp3) is 0.680. The lowest BCUT2D eigenvalue weighted by atomic mass is 9.46. The standard InChI is InChI=1S/C25H36N6O6/c1-13(32)37-12-19(29-31-22(27)35)25(36)9-7-17-16-5-4-14-10-15(28-30-21(26)34)6-8-23(14,2)20(16)18(33)11-24(17,25)3/h10,16-17,20,36H,4-9,11-12H2,1-3H3,(H3,26,30,34)(H3,27,31,35)/b28-15+,29-19+/t16-,17-,20+,23-,24-,25+/m0/s1. The third kappa shape index (κ3) is 4.51. The molecule has 0 radical (unpaired) electrons. The summed E-state index contributed by atoms with van der Waals surface area (Å²) < 4.78 is 5.14. The van der Waals surface area contributed by atoms with E-state index in [-0.39, 0.29) is 47.7 Å². The molecular weight excluding hydrogens is 480 g/mol. The number of nitrogens with one attached hydrogen (secondary N) is 2. The number of Topliss-reactive ketones (excluding diaryl/α,β-unsaturated/α-hetero) is 1. The SMILES string of the molecule is CC(=O)OC/C(=N\NC(N)=O)[C@]1(O)CC[C@H]2[C@@H]3CCC4=C/C(=N/NC(N)=O)CC[C@]4(C)[C@H]3C(=O)C[C@@]21C. The van der Waals surface area contributed by atoms with Gasteiger partial charge in [-0.3, -0.25) is 9.59 Å². The molecule has 4 aliphatic carbocycles. The van der Waals surface area contributed by atoms with E-state index in [1.807, 2.05) is 13.0 Å². The summed E-state index contributed by atoms with van der Waals surface area (Å²) in [6, 6.07) is -1.63. The summed E-state index contributed by atoms with van der Waals surface area (Å²) in [6.07, 6.45) is 6.01. The highest BCUT2D eigenvalue weighted by Gasteiger charge is 2.68. The summed E-state index contributed by atoms with van der Waals surface area (Å²) in [5.41, 5.74) is 14.0. The molecule has 0 aromatic rings. The molecule has 0 bridgehead atoms. The number of aliphatic hydroxyl groups is 1. The van der Waals surface area contributed by atoms with Gasteiger partial charge in [0, 0.05) is 24.7 Å². The molecule has 202 valence electrons. The molecule has 4 amide bonds. The van der Waals surface area contributed by atoms with Crippen molar-refractivity contribution in [3.05, 3.63) is 11.6 Å². The van der Waals surface area contributed by atoms with Gasteiger partial charge >= 0.3 is 18.0 Å². The van der Waals surface area contributed by atoms with Gasteiger partial charge in [0.1, 0.15) is 23.7 Å². The van der Waals surface area contributed by atoms with E-state index >= 15 is 0 Å². The highest BCUT2D eigenvalue weighted by Crippen LogP contribution is 2.66. The highest BCUT2D eigenvalue weighted by atomic mass is 16.5. The number of fused-ring (bicyclic) bond motifs is 5. The third-order valence-electron chi connectivity index (χ3n) is 9.32. The summed E-state index contributed by atoms with van der Waals surface area (Å²) in [6.45, 7) is 4.97. The number of ether oxygens (including phenoxy) is 1. The Labute approximate surface area is 215 Å². The number of allylic oxidation sites excluding steroid dienone is 2. The van der Waals surface area contributed by atoms with Crippen LogP contribution in [0.25, 0.3) is 0 Å². The number of primary amides is 2. The van der Waals surface area contributed by atoms with Crippen molar-refractivity contribution in [2.24, 2.45) is 50.3 Å². The minimum absolute atomic E-state index is 0.0290. The zero-order valence-electron chi connectivity index (χ0n) is 21.5. The van der Waals surface area contributed by atoms with Crippen molar-refractivity contribution in [1.82, 2.24) is 10.9 Å². The lowest BCUT2D eigenvalue weighted by Crippen LogP contribution is -2.61. The predicted molar refractivity (Wildman–Crippen MR) is 134 cm³/mol. The van der Waals surface area contributed by atoms with Crippen LogP contribution in [0.1, 0.15) is 65.7 Å². The van der Waals surface area contributed by atoms with Crippen LogP contribution in [0.3, 0.4) is 0 Å². The second kappa shape index (κ2) is 9.55. The van der Waals surface area contributed by atoms with Gasteiger partial charge in [-0.15, -0.1) is 0 Å². The van der Waals surface area contributed by atoms with Crippen molar-refractivity contribution in [3.63, 3.8) is 0 Å². The summed E-state index contributed by atoms with van der Waals surface area (Å²) in [7, 11) is 0. The molecular formula is C25H36N6O6. The van der Waals surface area contributed by atoms with Gasteiger partial charge in [-0.1, -0.05) is 19.4 Å². The molecule has 0 saturated heterocycles. The van der Waals surface area contributed by atoms with E-state index in [0.29, 0.717) is 19.3 Å². The Morgan fingerprint density at radius 2 is 1.84 bits per heavy atom. The average molecular weight is 517 g/mol. The van der Waals surface area contributed by atoms with Gasteiger partial charge in [-0.05, 0) is 61.9 Å². The molecule has 12 heteroatoms. The van der Waals surface area contributed by atoms with Crippen molar-refractivity contribution >= 4 is 35.2 Å². The number of hydrogen-bond donors (Lipinski definition) is 5. The molecule has 3 fully saturated rings. The Bertz CT molecular complexity index is 1120. The van der Waals surface area contributed by atoms with Crippen LogP contribution in [-0.2, 0) is 14.3 Å². The summed E-state index contributed by atoms with van der Waals surface area (Å²) >= 11 is 0. The number of urea groups is 2. The van der Waals surface area contributed by atoms with E-state index in [0.717, 1.165) is 30.5 Å². The first-order chi connectivity index (χ1) is 17.3. The first kappa shape index (κ1) is 26.8. The largest absolute Gasteiger partial charge is 0.460 e. The van der Waals surface area contributed by atoms with Gasteiger partial charge in [0.25, 0.3) is 0 Å². The highest BCUT2D eigenvalue weighted by molar-refractivity contribution is 5.99. The van der Waals surface area contributed by atoms with Crippen molar-refractivity contribution < 1.29 is 29.0 Å². The van der Waals surface area contributed by atoms with Gasteiger partial charge in [-0.2, -0.15) is 10.2 Å². The monoisotopic (exact) mass is 516 g/mol. The quantitative estimate of drug-likeness (QED) is 0.208. The van der Waals surface area contributed by atoms with Gasteiger partial charge in [0.2, 0.25) is 0 Å². The smallest absolute Gasteiger partial charge is 0.332 e. The van der Waals surface area contributed by atoms with Crippen molar-refractivity contribution in [2.75, 3.05) is 6.61 Å². The first-order valence-electron chi connectivity index (χ1n) is 12.7. The fourth-order valence-electron chi connectivity index (χ4n) is 7.63. The van der Waals surface area contributed by atoms with Gasteiger partial charge in [0.05, 0.1) is 5.71 Å². The minimum atomic E-state index is -1.56. The summed E-state index contributed by atoms with van der Waals surface area (Å²) in [5.74, 6) is -0.579. The number of amides is 4. The third-order valence-corrected chi connectivity index (χ3v) is 9.32. The Morgan fingerprint density at radius 1 is 1.14 bits per heavy atom.